The molecule has 1 aromatic carbocycles. The molecule has 0 amide bonds. The van der Waals surface area contributed by atoms with Crippen LogP contribution in [0.4, 0.5) is 0 Å². The maximum Gasteiger partial charge on any atom is 0.124 e. The second-order valence-electron chi connectivity index (χ2n) is 4.60. The second kappa shape index (κ2) is 5.38. The molecule has 0 radical (unpaired) electrons. The molecule has 94 valence electrons. The van der Waals surface area contributed by atoms with Gasteiger partial charge in [0.15, 0.2) is 0 Å². The maximum atomic E-state index is 9.73. The first-order chi connectivity index (χ1) is 8.16. The minimum Gasteiger partial charge on any atom is -0.508 e. The van der Waals surface area contributed by atoms with Crippen molar-refractivity contribution in [2.45, 2.75) is 19.4 Å². The number of aromatic hydroxyl groups is 2. The number of phenols is 2. The van der Waals surface area contributed by atoms with Gasteiger partial charge in [-0.2, -0.15) is 0 Å². The van der Waals surface area contributed by atoms with E-state index in [4.69, 9.17) is 4.74 Å². The molecule has 1 saturated heterocycles. The van der Waals surface area contributed by atoms with Crippen molar-refractivity contribution in [3.05, 3.63) is 23.8 Å². The van der Waals surface area contributed by atoms with Crippen molar-refractivity contribution in [3.8, 4) is 11.5 Å². The molecule has 2 unspecified atom stereocenters. The molecular weight excluding hydrogens is 218 g/mol. The quantitative estimate of drug-likeness (QED) is 0.747. The summed E-state index contributed by atoms with van der Waals surface area (Å²) in [4.78, 5) is 0. The molecule has 1 fully saturated rings. The van der Waals surface area contributed by atoms with E-state index < -0.39 is 0 Å². The van der Waals surface area contributed by atoms with E-state index in [0.29, 0.717) is 5.92 Å². The minimum atomic E-state index is 0.0659. The number of ether oxygens (including phenoxy) is 1. The van der Waals surface area contributed by atoms with Crippen molar-refractivity contribution >= 4 is 0 Å². The number of nitrogens with one attached hydrogen (secondary N) is 1. The summed E-state index contributed by atoms with van der Waals surface area (Å²) in [6.45, 7) is 4.57. The first kappa shape index (κ1) is 12.2. The normalized spacial score (nSPS) is 21.6. The summed E-state index contributed by atoms with van der Waals surface area (Å²) in [6.07, 6.45) is 1.10. The average Bonchev–Trinajstić information content (AvgIpc) is 2.78. The van der Waals surface area contributed by atoms with Crippen LogP contribution in [0.1, 0.15) is 24.9 Å². The fourth-order valence-corrected chi connectivity index (χ4v) is 2.10. The highest BCUT2D eigenvalue weighted by atomic mass is 16.5. The van der Waals surface area contributed by atoms with Crippen LogP contribution in [-0.4, -0.2) is 30.0 Å². The molecule has 2 rings (SSSR count). The molecule has 0 aliphatic carbocycles. The molecule has 1 aromatic rings. The molecule has 1 aliphatic rings. The van der Waals surface area contributed by atoms with E-state index >= 15 is 0 Å². The van der Waals surface area contributed by atoms with Crippen LogP contribution in [-0.2, 0) is 4.74 Å². The average molecular weight is 237 g/mol. The first-order valence-electron chi connectivity index (χ1n) is 6.00. The Morgan fingerprint density at radius 3 is 2.94 bits per heavy atom. The molecule has 0 bridgehead atoms. The van der Waals surface area contributed by atoms with E-state index in [0.717, 1.165) is 31.7 Å². The molecule has 17 heavy (non-hydrogen) atoms. The van der Waals surface area contributed by atoms with E-state index in [1.165, 1.54) is 6.07 Å². The topological polar surface area (TPSA) is 61.7 Å². The molecule has 4 nitrogen and oxygen atoms in total. The van der Waals surface area contributed by atoms with Gasteiger partial charge in [0.05, 0.1) is 6.61 Å². The van der Waals surface area contributed by atoms with E-state index in [9.17, 15) is 10.2 Å². The van der Waals surface area contributed by atoms with Crippen molar-refractivity contribution < 1.29 is 14.9 Å². The van der Waals surface area contributed by atoms with Crippen molar-refractivity contribution in [1.82, 2.24) is 5.32 Å². The van der Waals surface area contributed by atoms with Gasteiger partial charge in [-0.15, -0.1) is 0 Å². The summed E-state index contributed by atoms with van der Waals surface area (Å²) in [6, 6.07) is 4.77. The van der Waals surface area contributed by atoms with Gasteiger partial charge in [-0.1, -0.05) is 6.07 Å². The Bertz CT molecular complexity index is 375. The first-order valence-corrected chi connectivity index (χ1v) is 6.00. The zero-order chi connectivity index (χ0) is 12.3. The predicted octanol–water partition coefficient (Wildman–Crippen LogP) is 1.78. The van der Waals surface area contributed by atoms with E-state index in [1.54, 1.807) is 12.1 Å². The van der Waals surface area contributed by atoms with Crippen LogP contribution in [0.25, 0.3) is 0 Å². The lowest BCUT2D eigenvalue weighted by Gasteiger charge is -2.17. The molecule has 0 spiro atoms. The van der Waals surface area contributed by atoms with Gasteiger partial charge in [-0.3, -0.25) is 0 Å². The summed E-state index contributed by atoms with van der Waals surface area (Å²) < 4.78 is 5.31. The fraction of sp³-hybridized carbons (Fsp3) is 0.538. The van der Waals surface area contributed by atoms with Gasteiger partial charge in [-0.25, -0.2) is 0 Å². The Morgan fingerprint density at radius 2 is 2.29 bits per heavy atom. The van der Waals surface area contributed by atoms with Crippen LogP contribution in [0.5, 0.6) is 11.5 Å². The third-order valence-electron chi connectivity index (χ3n) is 3.22. The van der Waals surface area contributed by atoms with Gasteiger partial charge in [0.1, 0.15) is 11.5 Å². The summed E-state index contributed by atoms with van der Waals surface area (Å²) in [5.74, 6) is 0.784. The van der Waals surface area contributed by atoms with Crippen LogP contribution in [0.15, 0.2) is 18.2 Å². The lowest BCUT2D eigenvalue weighted by atomic mass is 10.0. The smallest absolute Gasteiger partial charge is 0.124 e. The van der Waals surface area contributed by atoms with Gasteiger partial charge in [0.25, 0.3) is 0 Å². The number of phenolic OH excluding ortho intramolecular Hbond substituents is 2. The SMILES string of the molecule is CC(NCC1CCOC1)c1ccc(O)cc1O. The number of rotatable bonds is 4. The Morgan fingerprint density at radius 1 is 1.47 bits per heavy atom. The Labute approximate surface area is 101 Å². The lowest BCUT2D eigenvalue weighted by Crippen LogP contribution is -2.26. The Kier molecular flexibility index (Phi) is 3.86. The molecule has 1 aliphatic heterocycles. The van der Waals surface area contributed by atoms with Gasteiger partial charge in [0.2, 0.25) is 0 Å². The third kappa shape index (κ3) is 3.11. The maximum absolute atomic E-state index is 9.73. The summed E-state index contributed by atoms with van der Waals surface area (Å²) in [5, 5.41) is 22.3. The fourth-order valence-electron chi connectivity index (χ4n) is 2.10. The molecule has 3 N–H and O–H groups in total. The van der Waals surface area contributed by atoms with Gasteiger partial charge >= 0.3 is 0 Å². The zero-order valence-corrected chi connectivity index (χ0v) is 10.0. The van der Waals surface area contributed by atoms with Gasteiger partial charge < -0.3 is 20.3 Å². The van der Waals surface area contributed by atoms with Crippen molar-refractivity contribution in [2.24, 2.45) is 5.92 Å². The van der Waals surface area contributed by atoms with Crippen molar-refractivity contribution in [2.75, 3.05) is 19.8 Å². The van der Waals surface area contributed by atoms with Crippen LogP contribution in [0.3, 0.4) is 0 Å². The molecule has 2 atom stereocenters. The minimum absolute atomic E-state index is 0.0659. The van der Waals surface area contributed by atoms with E-state index in [1.807, 2.05) is 6.92 Å². The monoisotopic (exact) mass is 237 g/mol. The summed E-state index contributed by atoms with van der Waals surface area (Å²) >= 11 is 0. The molecule has 1 heterocycles. The van der Waals surface area contributed by atoms with Crippen molar-refractivity contribution in [1.29, 1.82) is 0 Å². The second-order valence-corrected chi connectivity index (χ2v) is 4.60. The van der Waals surface area contributed by atoms with Gasteiger partial charge in [-0.05, 0) is 25.3 Å². The van der Waals surface area contributed by atoms with Crippen LogP contribution >= 0.6 is 0 Å². The van der Waals surface area contributed by atoms with Crippen LogP contribution in [0, 0.1) is 5.92 Å². The van der Waals surface area contributed by atoms with Crippen molar-refractivity contribution in [3.63, 3.8) is 0 Å². The predicted molar refractivity (Wildman–Crippen MR) is 65.1 cm³/mol. The molecule has 4 heteroatoms. The largest absolute Gasteiger partial charge is 0.508 e. The lowest BCUT2D eigenvalue weighted by molar-refractivity contribution is 0.184. The number of hydrogen-bond donors (Lipinski definition) is 3. The highest BCUT2D eigenvalue weighted by Gasteiger charge is 2.17. The van der Waals surface area contributed by atoms with E-state index in [2.05, 4.69) is 5.32 Å². The summed E-state index contributed by atoms with van der Waals surface area (Å²) in [5.41, 5.74) is 0.807. The molecular formula is C13H19NO3. The van der Waals surface area contributed by atoms with E-state index in [-0.39, 0.29) is 17.5 Å². The van der Waals surface area contributed by atoms with Crippen LogP contribution in [0.2, 0.25) is 0 Å². The summed E-state index contributed by atoms with van der Waals surface area (Å²) in [7, 11) is 0. The van der Waals surface area contributed by atoms with Crippen LogP contribution < -0.4 is 5.32 Å². The third-order valence-corrected chi connectivity index (χ3v) is 3.22. The molecule has 0 aromatic heterocycles. The Hall–Kier alpha value is -1.26. The Balaban J connectivity index is 1.91. The molecule has 0 saturated carbocycles. The number of benzene rings is 1. The zero-order valence-electron chi connectivity index (χ0n) is 10.0. The van der Waals surface area contributed by atoms with Gasteiger partial charge in [0, 0.05) is 30.8 Å². The highest BCUT2D eigenvalue weighted by Crippen LogP contribution is 2.27. The highest BCUT2D eigenvalue weighted by molar-refractivity contribution is 5.40. The standard InChI is InChI=1S/C13H19NO3/c1-9(14-7-10-4-5-17-8-10)12-3-2-11(15)6-13(12)16/h2-3,6,9-10,14-16H,4-5,7-8H2,1H3. The number of hydrogen-bond acceptors (Lipinski definition) is 4.